The van der Waals surface area contributed by atoms with Crippen molar-refractivity contribution in [3.05, 3.63) is 65.7 Å². The van der Waals surface area contributed by atoms with E-state index in [1.807, 2.05) is 66.4 Å². The number of ketones is 1. The minimum Gasteiger partial charge on any atom is -0.494 e. The molecule has 0 aliphatic heterocycles. The van der Waals surface area contributed by atoms with Crippen molar-refractivity contribution in [2.24, 2.45) is 0 Å². The summed E-state index contributed by atoms with van der Waals surface area (Å²) in [5.41, 5.74) is 1.71. The maximum Gasteiger partial charge on any atom is 0.185 e. The molecule has 0 saturated carbocycles. The van der Waals surface area contributed by atoms with Crippen LogP contribution in [0, 0.1) is 0 Å². The van der Waals surface area contributed by atoms with E-state index in [9.17, 15) is 4.79 Å². The molecule has 0 aliphatic carbocycles. The molecule has 2 aromatic carbocycles. The summed E-state index contributed by atoms with van der Waals surface area (Å²) in [6, 6.07) is 15.9. The van der Waals surface area contributed by atoms with Crippen LogP contribution in [-0.4, -0.2) is 18.1 Å². The number of allylic oxidation sites excluding steroid dienone is 1. The third-order valence-corrected chi connectivity index (χ3v) is 8.13. The lowest BCUT2D eigenvalue weighted by atomic mass is 10.0. The molecule has 0 atom stereocenters. The number of carbonyl (C=O) groups excluding carboxylic acids is 1. The molecule has 0 heterocycles. The Bertz CT molecular complexity index is 887. The summed E-state index contributed by atoms with van der Waals surface area (Å²) in [5, 5.41) is 0. The van der Waals surface area contributed by atoms with E-state index in [2.05, 4.69) is 13.8 Å². The van der Waals surface area contributed by atoms with E-state index in [-0.39, 0.29) is 5.78 Å². The second kappa shape index (κ2) is 21.9. The van der Waals surface area contributed by atoms with E-state index in [1.165, 1.54) is 94.8 Å². The summed E-state index contributed by atoms with van der Waals surface area (Å²) in [7, 11) is 0. The Hall–Kier alpha value is -2.00. The standard InChI is InChI=1S/C35H52O2S/c1-3-5-6-7-8-9-10-11-12-13-14-15-16-17-18-28-37-33-21-19-20-31(30-33)22-27-35(36)32-23-25-34(26-24-32)38-29-4-2/h19-27,30H,3-18,28-29H2,1-2H3. The van der Waals surface area contributed by atoms with Crippen molar-refractivity contribution in [1.29, 1.82) is 0 Å². The molecule has 0 saturated heterocycles. The monoisotopic (exact) mass is 536 g/mol. The van der Waals surface area contributed by atoms with Gasteiger partial charge in [-0.3, -0.25) is 4.79 Å². The average molecular weight is 537 g/mol. The van der Waals surface area contributed by atoms with Crippen molar-refractivity contribution in [1.82, 2.24) is 0 Å². The lowest BCUT2D eigenvalue weighted by Crippen LogP contribution is -1.97. The largest absolute Gasteiger partial charge is 0.494 e. The van der Waals surface area contributed by atoms with Gasteiger partial charge in [0.15, 0.2) is 5.78 Å². The van der Waals surface area contributed by atoms with Crippen LogP contribution in [0.3, 0.4) is 0 Å². The van der Waals surface area contributed by atoms with Crippen molar-refractivity contribution in [3.63, 3.8) is 0 Å². The SMILES string of the molecule is CCCCCCCCCCCCCCCCCOc1cccc(C=CC(=O)c2ccc(SCCC)cc2)c1. The number of rotatable bonds is 23. The minimum absolute atomic E-state index is 0.0289. The molecule has 0 fully saturated rings. The zero-order valence-electron chi connectivity index (χ0n) is 24.2. The highest BCUT2D eigenvalue weighted by molar-refractivity contribution is 7.99. The van der Waals surface area contributed by atoms with Gasteiger partial charge in [-0.05, 0) is 66.6 Å². The second-order valence-corrected chi connectivity index (χ2v) is 11.6. The quantitative estimate of drug-likeness (QED) is 0.0611. The predicted molar refractivity (Wildman–Crippen MR) is 168 cm³/mol. The molecule has 2 aromatic rings. The summed E-state index contributed by atoms with van der Waals surface area (Å²) in [4.78, 5) is 13.8. The molecule has 38 heavy (non-hydrogen) atoms. The molecule has 0 N–H and O–H groups in total. The zero-order chi connectivity index (χ0) is 27.1. The highest BCUT2D eigenvalue weighted by Gasteiger charge is 2.03. The molecule has 0 aliphatic rings. The third kappa shape index (κ3) is 15.4. The van der Waals surface area contributed by atoms with Crippen LogP contribution < -0.4 is 4.74 Å². The number of carbonyl (C=O) groups is 1. The van der Waals surface area contributed by atoms with Crippen LogP contribution in [-0.2, 0) is 0 Å². The van der Waals surface area contributed by atoms with E-state index >= 15 is 0 Å². The van der Waals surface area contributed by atoms with Gasteiger partial charge in [0.05, 0.1) is 6.61 Å². The van der Waals surface area contributed by atoms with E-state index < -0.39 is 0 Å². The van der Waals surface area contributed by atoms with Crippen molar-refractivity contribution in [3.8, 4) is 5.75 Å². The smallest absolute Gasteiger partial charge is 0.185 e. The molecule has 2 nitrogen and oxygen atoms in total. The van der Waals surface area contributed by atoms with Crippen LogP contribution in [0.5, 0.6) is 5.75 Å². The van der Waals surface area contributed by atoms with Crippen molar-refractivity contribution < 1.29 is 9.53 Å². The van der Waals surface area contributed by atoms with Gasteiger partial charge in [-0.15, -0.1) is 11.8 Å². The minimum atomic E-state index is 0.0289. The first-order valence-electron chi connectivity index (χ1n) is 15.4. The first-order chi connectivity index (χ1) is 18.7. The van der Waals surface area contributed by atoms with Gasteiger partial charge in [-0.25, -0.2) is 0 Å². The molecular weight excluding hydrogens is 484 g/mol. The highest BCUT2D eigenvalue weighted by atomic mass is 32.2. The summed E-state index contributed by atoms with van der Waals surface area (Å²) in [6.45, 7) is 5.22. The number of hydrogen-bond donors (Lipinski definition) is 0. The van der Waals surface area contributed by atoms with Gasteiger partial charge >= 0.3 is 0 Å². The molecule has 0 unspecified atom stereocenters. The molecular formula is C35H52O2S. The lowest BCUT2D eigenvalue weighted by molar-refractivity contribution is 0.104. The molecule has 0 amide bonds. The van der Waals surface area contributed by atoms with Crippen LogP contribution in [0.25, 0.3) is 6.08 Å². The van der Waals surface area contributed by atoms with Gasteiger partial charge in [0.2, 0.25) is 0 Å². The molecule has 3 heteroatoms. The Morgan fingerprint density at radius 3 is 1.87 bits per heavy atom. The topological polar surface area (TPSA) is 26.3 Å². The molecule has 210 valence electrons. The molecule has 2 rings (SSSR count). The van der Waals surface area contributed by atoms with Gasteiger partial charge in [0.25, 0.3) is 0 Å². The fraction of sp³-hybridized carbons (Fsp3) is 0.571. The van der Waals surface area contributed by atoms with E-state index in [1.54, 1.807) is 6.08 Å². The fourth-order valence-electron chi connectivity index (χ4n) is 4.57. The van der Waals surface area contributed by atoms with Crippen molar-refractivity contribution in [2.45, 2.75) is 121 Å². The Morgan fingerprint density at radius 1 is 0.711 bits per heavy atom. The van der Waals surface area contributed by atoms with Crippen molar-refractivity contribution in [2.75, 3.05) is 12.4 Å². The molecule has 0 bridgehead atoms. The molecule has 0 spiro atoms. The van der Waals surface area contributed by atoms with E-state index in [4.69, 9.17) is 4.74 Å². The second-order valence-electron chi connectivity index (χ2n) is 10.4. The maximum absolute atomic E-state index is 12.5. The number of ether oxygens (including phenoxy) is 1. The van der Waals surface area contributed by atoms with Gasteiger partial charge in [-0.2, -0.15) is 0 Å². The molecule has 0 aromatic heterocycles. The first-order valence-corrected chi connectivity index (χ1v) is 16.4. The fourth-order valence-corrected chi connectivity index (χ4v) is 5.34. The van der Waals surface area contributed by atoms with E-state index in [0.717, 1.165) is 42.1 Å². The Labute approximate surface area is 238 Å². The summed E-state index contributed by atoms with van der Waals surface area (Å²) in [5.74, 6) is 2.01. The Kier molecular flexibility index (Phi) is 18.5. The summed E-state index contributed by atoms with van der Waals surface area (Å²) >= 11 is 1.83. The van der Waals surface area contributed by atoms with Gasteiger partial charge in [0.1, 0.15) is 5.75 Å². The predicted octanol–water partition coefficient (Wildman–Crippen LogP) is 11.3. The lowest BCUT2D eigenvalue weighted by Gasteiger charge is -2.07. The van der Waals surface area contributed by atoms with Gasteiger partial charge < -0.3 is 4.74 Å². The summed E-state index contributed by atoms with van der Waals surface area (Å²) < 4.78 is 5.98. The Morgan fingerprint density at radius 2 is 1.29 bits per heavy atom. The summed E-state index contributed by atoms with van der Waals surface area (Å²) in [6.07, 6.45) is 25.2. The Balaban J connectivity index is 1.52. The molecule has 0 radical (unpaired) electrons. The average Bonchev–Trinajstić information content (AvgIpc) is 2.95. The van der Waals surface area contributed by atoms with Crippen LogP contribution in [0.2, 0.25) is 0 Å². The number of unbranched alkanes of at least 4 members (excludes halogenated alkanes) is 14. The van der Waals surface area contributed by atoms with Crippen LogP contribution >= 0.6 is 11.8 Å². The highest BCUT2D eigenvalue weighted by Crippen LogP contribution is 2.20. The van der Waals surface area contributed by atoms with Crippen LogP contribution in [0.1, 0.15) is 133 Å². The van der Waals surface area contributed by atoms with Crippen LogP contribution in [0.4, 0.5) is 0 Å². The number of thioether (sulfide) groups is 1. The van der Waals surface area contributed by atoms with Crippen LogP contribution in [0.15, 0.2) is 59.5 Å². The van der Waals surface area contributed by atoms with E-state index in [0.29, 0.717) is 0 Å². The third-order valence-electron chi connectivity index (χ3n) is 6.91. The van der Waals surface area contributed by atoms with Gasteiger partial charge in [-0.1, -0.05) is 122 Å². The number of hydrogen-bond acceptors (Lipinski definition) is 3. The maximum atomic E-state index is 12.5. The van der Waals surface area contributed by atoms with Crippen molar-refractivity contribution >= 4 is 23.6 Å². The van der Waals surface area contributed by atoms with Gasteiger partial charge in [0, 0.05) is 10.5 Å². The zero-order valence-corrected chi connectivity index (χ0v) is 25.0. The number of benzene rings is 2. The normalized spacial score (nSPS) is 11.3. The first kappa shape index (κ1) is 32.2.